The fraction of sp³-hybridized carbons (Fsp3) is 0.353. The van der Waals surface area contributed by atoms with Gasteiger partial charge in [0, 0.05) is 31.9 Å². The zero-order chi connectivity index (χ0) is 17.0. The van der Waals surface area contributed by atoms with Crippen LogP contribution in [-0.4, -0.2) is 49.3 Å². The van der Waals surface area contributed by atoms with Gasteiger partial charge in [-0.05, 0) is 43.2 Å². The maximum atomic E-state index is 12.6. The molecule has 0 radical (unpaired) electrons. The van der Waals surface area contributed by atoms with Crippen molar-refractivity contribution in [3.63, 3.8) is 0 Å². The second-order valence-electron chi connectivity index (χ2n) is 5.42. The summed E-state index contributed by atoms with van der Waals surface area (Å²) in [5.41, 5.74) is 1.18. The number of nitrogens with one attached hydrogen (secondary N) is 1. The molecule has 0 aromatic heterocycles. The number of nitrogens with zero attached hydrogens (tertiary/aromatic N) is 2. The Labute approximate surface area is 135 Å². The van der Waals surface area contributed by atoms with Gasteiger partial charge >= 0.3 is 0 Å². The Kier molecular flexibility index (Phi) is 5.16. The van der Waals surface area contributed by atoms with Crippen molar-refractivity contribution in [3.05, 3.63) is 42.5 Å². The third kappa shape index (κ3) is 3.41. The monoisotopic (exact) mass is 315 g/mol. The van der Waals surface area contributed by atoms with Crippen molar-refractivity contribution >= 4 is 23.4 Å². The van der Waals surface area contributed by atoms with Crippen molar-refractivity contribution in [2.24, 2.45) is 0 Å². The Morgan fingerprint density at radius 1 is 1.30 bits per heavy atom. The molecule has 23 heavy (non-hydrogen) atoms. The number of carbonyl (C=O) groups excluding carboxylic acids is 3. The van der Waals surface area contributed by atoms with E-state index >= 15 is 0 Å². The number of carbonyl (C=O) groups is 3. The third-order valence-corrected chi connectivity index (χ3v) is 4.07. The molecular formula is C17H21N3O3. The van der Waals surface area contributed by atoms with E-state index in [4.69, 9.17) is 0 Å². The van der Waals surface area contributed by atoms with Gasteiger partial charge in [-0.15, -0.1) is 0 Å². The Hall–Kier alpha value is -2.63. The van der Waals surface area contributed by atoms with Crippen molar-refractivity contribution < 1.29 is 14.4 Å². The van der Waals surface area contributed by atoms with Crippen LogP contribution in [0.1, 0.15) is 23.2 Å². The van der Waals surface area contributed by atoms with Crippen LogP contribution in [0, 0.1) is 0 Å². The molecular weight excluding hydrogens is 294 g/mol. The minimum atomic E-state index is -0.405. The van der Waals surface area contributed by atoms with Crippen molar-refractivity contribution in [3.8, 4) is 0 Å². The Balaban J connectivity index is 2.15. The van der Waals surface area contributed by atoms with E-state index in [-0.39, 0.29) is 17.7 Å². The zero-order valence-electron chi connectivity index (χ0n) is 13.4. The van der Waals surface area contributed by atoms with E-state index in [1.165, 1.54) is 11.0 Å². The van der Waals surface area contributed by atoms with Gasteiger partial charge in [-0.2, -0.15) is 0 Å². The van der Waals surface area contributed by atoms with Gasteiger partial charge < -0.3 is 15.1 Å². The van der Waals surface area contributed by atoms with Crippen molar-refractivity contribution in [1.29, 1.82) is 0 Å². The average molecular weight is 315 g/mol. The second-order valence-corrected chi connectivity index (χ2v) is 5.42. The van der Waals surface area contributed by atoms with Crippen LogP contribution < -0.4 is 10.2 Å². The van der Waals surface area contributed by atoms with E-state index in [9.17, 15) is 14.4 Å². The van der Waals surface area contributed by atoms with Crippen molar-refractivity contribution in [2.75, 3.05) is 25.5 Å². The quantitative estimate of drug-likeness (QED) is 0.849. The topological polar surface area (TPSA) is 69.7 Å². The molecule has 1 aliphatic heterocycles. The summed E-state index contributed by atoms with van der Waals surface area (Å²) in [6.07, 6.45) is 2.73. The first-order valence-corrected chi connectivity index (χ1v) is 7.52. The Morgan fingerprint density at radius 2 is 1.96 bits per heavy atom. The maximum absolute atomic E-state index is 12.6. The van der Waals surface area contributed by atoms with E-state index in [2.05, 4.69) is 11.9 Å². The Morgan fingerprint density at radius 3 is 2.52 bits per heavy atom. The zero-order valence-corrected chi connectivity index (χ0v) is 13.4. The van der Waals surface area contributed by atoms with Gasteiger partial charge in [-0.3, -0.25) is 14.4 Å². The SMILES string of the molecule is C=CC(=O)N(C)c1ccc(C(=O)N2CCC[C@H]2C(=O)NC)cc1. The summed E-state index contributed by atoms with van der Waals surface area (Å²) in [6, 6.07) is 6.35. The first-order chi connectivity index (χ1) is 11.0. The van der Waals surface area contributed by atoms with Crippen molar-refractivity contribution in [1.82, 2.24) is 10.2 Å². The molecule has 0 spiro atoms. The highest BCUT2D eigenvalue weighted by atomic mass is 16.2. The lowest BCUT2D eigenvalue weighted by atomic mass is 10.1. The molecule has 2 rings (SSSR count). The van der Waals surface area contributed by atoms with Crippen LogP contribution in [0.5, 0.6) is 0 Å². The van der Waals surface area contributed by atoms with Gasteiger partial charge in [0.25, 0.3) is 5.91 Å². The highest BCUT2D eigenvalue weighted by Crippen LogP contribution is 2.22. The van der Waals surface area contributed by atoms with Crippen molar-refractivity contribution in [2.45, 2.75) is 18.9 Å². The Bertz CT molecular complexity index is 624. The number of amides is 3. The molecule has 1 saturated heterocycles. The van der Waals surface area contributed by atoms with E-state index < -0.39 is 6.04 Å². The number of likely N-dealkylation sites (N-methyl/N-ethyl adjacent to an activating group) is 2. The fourth-order valence-corrected chi connectivity index (χ4v) is 2.71. The number of benzene rings is 1. The summed E-state index contributed by atoms with van der Waals surface area (Å²) >= 11 is 0. The van der Waals surface area contributed by atoms with Gasteiger partial charge in [-0.1, -0.05) is 6.58 Å². The molecule has 6 nitrogen and oxygen atoms in total. The predicted molar refractivity (Wildman–Crippen MR) is 88.2 cm³/mol. The summed E-state index contributed by atoms with van der Waals surface area (Å²) in [4.78, 5) is 39.1. The molecule has 1 N–H and O–H groups in total. The summed E-state index contributed by atoms with van der Waals surface area (Å²) in [7, 11) is 3.22. The lowest BCUT2D eigenvalue weighted by Crippen LogP contribution is -2.44. The van der Waals surface area contributed by atoms with Gasteiger partial charge in [0.2, 0.25) is 11.8 Å². The number of hydrogen-bond acceptors (Lipinski definition) is 3. The minimum absolute atomic E-state index is 0.135. The summed E-state index contributed by atoms with van der Waals surface area (Å²) in [5.74, 6) is -0.521. The third-order valence-electron chi connectivity index (χ3n) is 4.07. The fourth-order valence-electron chi connectivity index (χ4n) is 2.71. The van der Waals surface area contributed by atoms with Crippen LogP contribution in [0.3, 0.4) is 0 Å². The van der Waals surface area contributed by atoms with E-state index in [1.54, 1.807) is 43.3 Å². The van der Waals surface area contributed by atoms with Crippen LogP contribution >= 0.6 is 0 Å². The molecule has 0 aliphatic carbocycles. The first-order valence-electron chi connectivity index (χ1n) is 7.52. The van der Waals surface area contributed by atoms with E-state index in [0.29, 0.717) is 24.2 Å². The maximum Gasteiger partial charge on any atom is 0.254 e. The van der Waals surface area contributed by atoms with Crippen LogP contribution in [0.25, 0.3) is 0 Å². The van der Waals surface area contributed by atoms with Crippen LogP contribution in [0.2, 0.25) is 0 Å². The molecule has 1 aromatic carbocycles. The first kappa shape index (κ1) is 16.7. The van der Waals surface area contributed by atoms with Gasteiger partial charge in [0.05, 0.1) is 0 Å². The van der Waals surface area contributed by atoms with Crippen LogP contribution in [0.15, 0.2) is 36.9 Å². The molecule has 1 fully saturated rings. The molecule has 0 saturated carbocycles. The second kappa shape index (κ2) is 7.09. The van der Waals surface area contributed by atoms with Crippen LogP contribution in [-0.2, 0) is 9.59 Å². The van der Waals surface area contributed by atoms with Gasteiger partial charge in [-0.25, -0.2) is 0 Å². The van der Waals surface area contributed by atoms with Gasteiger partial charge in [0.15, 0.2) is 0 Å². The largest absolute Gasteiger partial charge is 0.357 e. The minimum Gasteiger partial charge on any atom is -0.357 e. The van der Waals surface area contributed by atoms with E-state index in [1.807, 2.05) is 0 Å². The van der Waals surface area contributed by atoms with E-state index in [0.717, 1.165) is 6.42 Å². The molecule has 0 bridgehead atoms. The summed E-state index contributed by atoms with van der Waals surface area (Å²) < 4.78 is 0. The molecule has 1 aromatic rings. The molecule has 1 aliphatic rings. The van der Waals surface area contributed by atoms with Gasteiger partial charge in [0.1, 0.15) is 6.04 Å². The average Bonchev–Trinajstić information content (AvgIpc) is 3.08. The number of rotatable bonds is 4. The highest BCUT2D eigenvalue weighted by molar-refractivity contribution is 6.01. The van der Waals surface area contributed by atoms with Crippen LogP contribution in [0.4, 0.5) is 5.69 Å². The summed E-state index contributed by atoms with van der Waals surface area (Å²) in [6.45, 7) is 4.03. The predicted octanol–water partition coefficient (Wildman–Crippen LogP) is 1.19. The summed E-state index contributed by atoms with van der Waals surface area (Å²) in [5, 5.41) is 2.60. The normalized spacial score (nSPS) is 16.8. The lowest BCUT2D eigenvalue weighted by molar-refractivity contribution is -0.124. The number of hydrogen-bond donors (Lipinski definition) is 1. The molecule has 1 heterocycles. The molecule has 0 unspecified atom stereocenters. The molecule has 1 atom stereocenters. The highest BCUT2D eigenvalue weighted by Gasteiger charge is 2.33. The molecule has 3 amide bonds. The molecule has 6 heteroatoms. The smallest absolute Gasteiger partial charge is 0.254 e. The number of anilines is 1. The number of likely N-dealkylation sites (tertiary alicyclic amines) is 1. The molecule has 122 valence electrons. The standard InChI is InChI=1S/C17H21N3O3/c1-4-15(21)19(3)13-9-7-12(8-10-13)17(23)20-11-5-6-14(20)16(22)18-2/h4,7-10,14H,1,5-6,11H2,2-3H3,(H,18,22)/t14-/m0/s1. The lowest BCUT2D eigenvalue weighted by Gasteiger charge is -2.23.